The molecule has 80 valence electrons. The summed E-state index contributed by atoms with van der Waals surface area (Å²) in [5.41, 5.74) is -0.875. The molecule has 5 heteroatoms. The van der Waals surface area contributed by atoms with Gasteiger partial charge in [-0.25, -0.2) is 4.79 Å². The Bertz CT molecular complexity index is 418. The molecule has 1 unspecified atom stereocenters. The Labute approximate surface area is 86.3 Å². The fraction of sp³-hybridized carbons (Fsp3) is 0.300. The number of aliphatic carboxylic acids is 1. The summed E-state index contributed by atoms with van der Waals surface area (Å²) in [6.45, 7) is 1.53. The highest BCUT2D eigenvalue weighted by molar-refractivity contribution is 5.85. The van der Waals surface area contributed by atoms with Gasteiger partial charge >= 0.3 is 5.97 Å². The van der Waals surface area contributed by atoms with Crippen molar-refractivity contribution < 1.29 is 19.7 Å². The summed E-state index contributed by atoms with van der Waals surface area (Å²) in [5.74, 6) is -0.565. The van der Waals surface area contributed by atoms with Crippen molar-refractivity contribution in [3.63, 3.8) is 0 Å². The molecule has 3 N–H and O–H groups in total. The molecule has 0 saturated carbocycles. The zero-order valence-electron chi connectivity index (χ0n) is 8.15. The summed E-state index contributed by atoms with van der Waals surface area (Å²) < 4.78 is 5.28. The SMILES string of the molecule is CC1(C(=O)O)COc2cccc(O)c2N1. The molecule has 1 atom stereocenters. The monoisotopic (exact) mass is 209 g/mol. The number of hydrogen-bond acceptors (Lipinski definition) is 4. The summed E-state index contributed by atoms with van der Waals surface area (Å²) in [6, 6.07) is 4.78. The lowest BCUT2D eigenvalue weighted by atomic mass is 10.0. The van der Waals surface area contributed by atoms with E-state index in [1.165, 1.54) is 13.0 Å². The number of ether oxygens (including phenoxy) is 1. The highest BCUT2D eigenvalue weighted by atomic mass is 16.5. The van der Waals surface area contributed by atoms with Crippen molar-refractivity contribution in [1.29, 1.82) is 0 Å². The molecule has 0 spiro atoms. The van der Waals surface area contributed by atoms with E-state index in [0.29, 0.717) is 11.4 Å². The van der Waals surface area contributed by atoms with Gasteiger partial charge in [0.05, 0.1) is 0 Å². The van der Waals surface area contributed by atoms with Gasteiger partial charge in [-0.15, -0.1) is 0 Å². The number of nitrogens with one attached hydrogen (secondary N) is 1. The minimum atomic E-state index is -1.20. The van der Waals surface area contributed by atoms with Crippen molar-refractivity contribution in [1.82, 2.24) is 0 Å². The quantitative estimate of drug-likeness (QED) is 0.602. The van der Waals surface area contributed by atoms with Crippen molar-refractivity contribution in [3.05, 3.63) is 18.2 Å². The van der Waals surface area contributed by atoms with Gasteiger partial charge in [-0.1, -0.05) is 6.07 Å². The van der Waals surface area contributed by atoms with E-state index >= 15 is 0 Å². The fourth-order valence-corrected chi connectivity index (χ4v) is 1.41. The Balaban J connectivity index is 2.42. The maximum absolute atomic E-state index is 11.0. The number of para-hydroxylation sites is 1. The number of benzene rings is 1. The third-order valence-corrected chi connectivity index (χ3v) is 2.39. The van der Waals surface area contributed by atoms with Gasteiger partial charge in [0.25, 0.3) is 0 Å². The number of anilines is 1. The highest BCUT2D eigenvalue weighted by Crippen LogP contribution is 2.39. The first-order valence-electron chi connectivity index (χ1n) is 4.49. The summed E-state index contributed by atoms with van der Waals surface area (Å²) >= 11 is 0. The molecule has 0 fully saturated rings. The molecule has 1 aromatic rings. The van der Waals surface area contributed by atoms with Crippen LogP contribution in [0.1, 0.15) is 6.92 Å². The van der Waals surface area contributed by atoms with Crippen LogP contribution in [-0.2, 0) is 4.79 Å². The number of phenolic OH excluding ortho intramolecular Hbond substituents is 1. The second-order valence-corrected chi connectivity index (χ2v) is 3.70. The van der Waals surface area contributed by atoms with Crippen molar-refractivity contribution in [2.24, 2.45) is 0 Å². The number of fused-ring (bicyclic) bond motifs is 1. The van der Waals surface area contributed by atoms with Crippen LogP contribution in [0.5, 0.6) is 11.5 Å². The zero-order valence-corrected chi connectivity index (χ0v) is 8.15. The molecular weight excluding hydrogens is 198 g/mol. The topological polar surface area (TPSA) is 78.8 Å². The third-order valence-electron chi connectivity index (χ3n) is 2.39. The standard InChI is InChI=1S/C10H11NO4/c1-10(9(13)14)5-15-7-4-2-3-6(12)8(7)11-10/h2-4,11-12H,5H2,1H3,(H,13,14). The summed E-state index contributed by atoms with van der Waals surface area (Å²) in [7, 11) is 0. The van der Waals surface area contributed by atoms with E-state index in [0.717, 1.165) is 0 Å². The van der Waals surface area contributed by atoms with Gasteiger partial charge in [-0.05, 0) is 19.1 Å². The second kappa shape index (κ2) is 3.05. The van der Waals surface area contributed by atoms with E-state index in [1.807, 2.05) is 0 Å². The normalized spacial score (nSPS) is 23.5. The van der Waals surface area contributed by atoms with Gasteiger partial charge in [-0.3, -0.25) is 0 Å². The molecular formula is C10H11NO4. The second-order valence-electron chi connectivity index (χ2n) is 3.70. The highest BCUT2D eigenvalue weighted by Gasteiger charge is 2.38. The van der Waals surface area contributed by atoms with Gasteiger partial charge in [-0.2, -0.15) is 0 Å². The van der Waals surface area contributed by atoms with Crippen LogP contribution in [0.3, 0.4) is 0 Å². The van der Waals surface area contributed by atoms with E-state index in [2.05, 4.69) is 5.32 Å². The molecule has 0 bridgehead atoms. The summed E-state index contributed by atoms with van der Waals surface area (Å²) in [6.07, 6.45) is 0. The average Bonchev–Trinajstić information content (AvgIpc) is 2.19. The first kappa shape index (κ1) is 9.64. The lowest BCUT2D eigenvalue weighted by molar-refractivity contribution is -0.143. The Morgan fingerprint density at radius 2 is 2.33 bits per heavy atom. The maximum atomic E-state index is 11.0. The number of carboxylic acid groups (broad SMARTS) is 1. The van der Waals surface area contributed by atoms with Crippen LogP contribution >= 0.6 is 0 Å². The van der Waals surface area contributed by atoms with E-state index in [-0.39, 0.29) is 12.4 Å². The maximum Gasteiger partial charge on any atom is 0.332 e. The van der Waals surface area contributed by atoms with Crippen molar-refractivity contribution in [2.45, 2.75) is 12.5 Å². The van der Waals surface area contributed by atoms with Gasteiger partial charge in [0.15, 0.2) is 5.54 Å². The van der Waals surface area contributed by atoms with Crippen LogP contribution < -0.4 is 10.1 Å². The first-order valence-corrected chi connectivity index (χ1v) is 4.49. The van der Waals surface area contributed by atoms with Gasteiger partial charge in [0, 0.05) is 0 Å². The van der Waals surface area contributed by atoms with Gasteiger partial charge in [0.1, 0.15) is 23.8 Å². The Morgan fingerprint density at radius 3 is 3.00 bits per heavy atom. The lowest BCUT2D eigenvalue weighted by Gasteiger charge is -2.33. The van der Waals surface area contributed by atoms with E-state index < -0.39 is 11.5 Å². The molecule has 0 amide bonds. The molecule has 0 aliphatic carbocycles. The van der Waals surface area contributed by atoms with Crippen LogP contribution in [0.2, 0.25) is 0 Å². The third kappa shape index (κ3) is 1.45. The number of aromatic hydroxyl groups is 1. The molecule has 2 rings (SSSR count). The molecule has 1 aromatic carbocycles. The molecule has 0 radical (unpaired) electrons. The van der Waals surface area contributed by atoms with Crippen LogP contribution in [0.15, 0.2) is 18.2 Å². The Hall–Kier alpha value is -1.91. The van der Waals surface area contributed by atoms with Gasteiger partial charge < -0.3 is 20.3 Å². The predicted molar refractivity (Wildman–Crippen MR) is 53.3 cm³/mol. The largest absolute Gasteiger partial charge is 0.506 e. The van der Waals surface area contributed by atoms with E-state index in [9.17, 15) is 9.90 Å². The van der Waals surface area contributed by atoms with Crippen LogP contribution in [-0.4, -0.2) is 28.3 Å². The Morgan fingerprint density at radius 1 is 1.60 bits per heavy atom. The van der Waals surface area contributed by atoms with Gasteiger partial charge in [0.2, 0.25) is 0 Å². The van der Waals surface area contributed by atoms with E-state index in [1.54, 1.807) is 12.1 Å². The lowest BCUT2D eigenvalue weighted by Crippen LogP contribution is -2.50. The summed E-state index contributed by atoms with van der Waals surface area (Å²) in [5, 5.41) is 21.3. The number of phenols is 1. The number of carbonyl (C=O) groups is 1. The molecule has 1 aliphatic rings. The molecule has 1 aliphatic heterocycles. The zero-order chi connectivity index (χ0) is 11.1. The summed E-state index contributed by atoms with van der Waals surface area (Å²) in [4.78, 5) is 11.0. The number of carboxylic acids is 1. The fourth-order valence-electron chi connectivity index (χ4n) is 1.41. The molecule has 0 saturated heterocycles. The van der Waals surface area contributed by atoms with Crippen molar-refractivity contribution >= 4 is 11.7 Å². The van der Waals surface area contributed by atoms with E-state index in [4.69, 9.17) is 9.84 Å². The smallest absolute Gasteiger partial charge is 0.332 e. The van der Waals surface area contributed by atoms with Crippen LogP contribution in [0.4, 0.5) is 5.69 Å². The number of hydrogen-bond donors (Lipinski definition) is 3. The average molecular weight is 209 g/mol. The van der Waals surface area contributed by atoms with Crippen molar-refractivity contribution in [2.75, 3.05) is 11.9 Å². The Kier molecular flexibility index (Phi) is 1.96. The minimum Gasteiger partial charge on any atom is -0.506 e. The predicted octanol–water partition coefficient (Wildman–Crippen LogP) is 1.04. The molecule has 1 heterocycles. The first-order chi connectivity index (χ1) is 7.03. The minimum absolute atomic E-state index is 0.0142. The van der Waals surface area contributed by atoms with Crippen molar-refractivity contribution in [3.8, 4) is 11.5 Å². The molecule has 15 heavy (non-hydrogen) atoms. The van der Waals surface area contributed by atoms with Crippen LogP contribution in [0.25, 0.3) is 0 Å². The molecule has 0 aromatic heterocycles. The molecule has 5 nitrogen and oxygen atoms in total. The number of rotatable bonds is 1. The van der Waals surface area contributed by atoms with Crippen LogP contribution in [0, 0.1) is 0 Å².